The first kappa shape index (κ1) is 21.7. The van der Waals surface area contributed by atoms with Crippen molar-refractivity contribution in [2.24, 2.45) is 0 Å². The maximum absolute atomic E-state index is 13.0. The first-order valence-electron chi connectivity index (χ1n) is 9.53. The van der Waals surface area contributed by atoms with Gasteiger partial charge in [-0.3, -0.25) is 4.79 Å². The molecule has 2 aromatic carbocycles. The van der Waals surface area contributed by atoms with Crippen LogP contribution in [0, 0.1) is 0 Å². The summed E-state index contributed by atoms with van der Waals surface area (Å²) in [6.45, 7) is 4.19. The predicted molar refractivity (Wildman–Crippen MR) is 114 cm³/mol. The zero-order chi connectivity index (χ0) is 21.7. The highest BCUT2D eigenvalue weighted by molar-refractivity contribution is 5.82. The molecule has 3 aromatic rings. The molecule has 0 spiro atoms. The highest BCUT2D eigenvalue weighted by Gasteiger charge is 2.22. The molecule has 7 nitrogen and oxygen atoms in total. The highest BCUT2D eigenvalue weighted by Crippen LogP contribution is 2.42. The van der Waals surface area contributed by atoms with Crippen LogP contribution in [0.5, 0.6) is 17.2 Å². The van der Waals surface area contributed by atoms with E-state index in [1.165, 1.54) is 7.11 Å². The molecule has 0 aliphatic heterocycles. The Hall–Kier alpha value is -3.03. The van der Waals surface area contributed by atoms with Crippen LogP contribution in [0.1, 0.15) is 25.3 Å². The zero-order valence-corrected chi connectivity index (χ0v) is 17.8. The Labute approximate surface area is 175 Å². The van der Waals surface area contributed by atoms with Crippen LogP contribution in [0.2, 0.25) is 0 Å². The van der Waals surface area contributed by atoms with Crippen molar-refractivity contribution in [2.45, 2.75) is 19.8 Å². The molecule has 1 heterocycles. The summed E-state index contributed by atoms with van der Waals surface area (Å²) in [7, 11) is 4.54. The van der Waals surface area contributed by atoms with Crippen LogP contribution in [0.4, 0.5) is 0 Å². The molecule has 1 aromatic heterocycles. The largest absolute Gasteiger partial charge is 0.490 e. The number of fused-ring (bicyclic) bond motifs is 1. The molecule has 0 radical (unpaired) electrons. The zero-order valence-electron chi connectivity index (χ0n) is 17.8. The van der Waals surface area contributed by atoms with Gasteiger partial charge in [0.2, 0.25) is 11.2 Å². The summed E-state index contributed by atoms with van der Waals surface area (Å²) in [6, 6.07) is 10.6. The lowest BCUT2D eigenvalue weighted by Gasteiger charge is -2.20. The summed E-state index contributed by atoms with van der Waals surface area (Å²) in [5.74, 6) is 1.63. The number of hydrogen-bond donors (Lipinski definition) is 0. The summed E-state index contributed by atoms with van der Waals surface area (Å²) >= 11 is 0. The topological polar surface area (TPSA) is 76.4 Å². The first-order valence-corrected chi connectivity index (χ1v) is 9.53. The maximum Gasteiger partial charge on any atom is 0.235 e. The number of benzene rings is 2. The van der Waals surface area contributed by atoms with E-state index in [0.29, 0.717) is 33.8 Å². The Morgan fingerprint density at radius 1 is 0.933 bits per heavy atom. The summed E-state index contributed by atoms with van der Waals surface area (Å²) in [6.07, 6.45) is 0. The Morgan fingerprint density at radius 2 is 1.53 bits per heavy atom. The fraction of sp³-hybridized carbons (Fsp3) is 0.348. The molecule has 0 aliphatic carbocycles. The Balaban J connectivity index is 2.28. The molecule has 0 saturated heterocycles. The molecule has 7 heteroatoms. The van der Waals surface area contributed by atoms with Crippen molar-refractivity contribution in [1.29, 1.82) is 0 Å². The fourth-order valence-corrected chi connectivity index (χ4v) is 3.29. The monoisotopic (exact) mass is 414 g/mol. The molecule has 0 unspecified atom stereocenters. The second kappa shape index (κ2) is 9.65. The van der Waals surface area contributed by atoms with Gasteiger partial charge in [-0.25, -0.2) is 0 Å². The molecule has 160 valence electrons. The number of para-hydroxylation sites is 1. The Morgan fingerprint density at radius 3 is 2.07 bits per heavy atom. The van der Waals surface area contributed by atoms with Crippen LogP contribution in [0.25, 0.3) is 22.3 Å². The van der Waals surface area contributed by atoms with Crippen molar-refractivity contribution in [3.8, 4) is 28.6 Å². The van der Waals surface area contributed by atoms with Crippen molar-refractivity contribution in [1.82, 2.24) is 0 Å². The minimum Gasteiger partial charge on any atom is -0.490 e. The van der Waals surface area contributed by atoms with Crippen molar-refractivity contribution in [3.63, 3.8) is 0 Å². The van der Waals surface area contributed by atoms with Gasteiger partial charge >= 0.3 is 0 Å². The van der Waals surface area contributed by atoms with E-state index in [0.717, 1.165) is 5.56 Å². The summed E-state index contributed by atoms with van der Waals surface area (Å²) in [4.78, 5) is 13.0. The average molecular weight is 414 g/mol. The number of methoxy groups -OCH3 is 3. The highest BCUT2D eigenvalue weighted by atomic mass is 16.7. The van der Waals surface area contributed by atoms with Crippen LogP contribution >= 0.6 is 0 Å². The quantitative estimate of drug-likeness (QED) is 0.475. The van der Waals surface area contributed by atoms with Gasteiger partial charge in [0.25, 0.3) is 0 Å². The lowest BCUT2D eigenvalue weighted by molar-refractivity contribution is 0.0444. The summed E-state index contributed by atoms with van der Waals surface area (Å²) in [5, 5.41) is 0.448. The van der Waals surface area contributed by atoms with E-state index >= 15 is 0 Å². The summed E-state index contributed by atoms with van der Waals surface area (Å²) in [5.41, 5.74) is 1.65. The van der Waals surface area contributed by atoms with Crippen LogP contribution in [0.3, 0.4) is 0 Å². The standard InChI is InChI=1S/C23H26O7/c1-14(2)20-18(28-12-25-3)10-15(11-19(20)29-13-26-4)22-23(27-5)21(24)16-8-6-7-9-17(16)30-22/h6-11,14H,12-13H2,1-5H3. The molecular formula is C23H26O7. The third-order valence-electron chi connectivity index (χ3n) is 4.57. The molecular weight excluding hydrogens is 388 g/mol. The van der Waals surface area contributed by atoms with E-state index in [2.05, 4.69) is 0 Å². The normalized spacial score (nSPS) is 11.1. The van der Waals surface area contributed by atoms with Gasteiger partial charge in [-0.15, -0.1) is 0 Å². The first-order chi connectivity index (χ1) is 14.5. The van der Waals surface area contributed by atoms with E-state index in [1.54, 1.807) is 44.6 Å². The maximum atomic E-state index is 13.0. The Kier molecular flexibility index (Phi) is 6.97. The molecule has 0 N–H and O–H groups in total. The minimum atomic E-state index is -0.249. The van der Waals surface area contributed by atoms with Gasteiger partial charge < -0.3 is 28.1 Å². The van der Waals surface area contributed by atoms with Crippen molar-refractivity contribution in [2.75, 3.05) is 34.9 Å². The van der Waals surface area contributed by atoms with E-state index in [9.17, 15) is 4.79 Å². The molecule has 30 heavy (non-hydrogen) atoms. The smallest absolute Gasteiger partial charge is 0.235 e. The third kappa shape index (κ3) is 4.27. The van der Waals surface area contributed by atoms with Gasteiger partial charge in [-0.1, -0.05) is 26.0 Å². The van der Waals surface area contributed by atoms with Crippen molar-refractivity contribution < 1.29 is 28.1 Å². The van der Waals surface area contributed by atoms with Crippen molar-refractivity contribution >= 4 is 11.0 Å². The summed E-state index contributed by atoms with van der Waals surface area (Å²) < 4.78 is 33.3. The molecule has 0 saturated carbocycles. The second-order valence-corrected chi connectivity index (χ2v) is 6.93. The molecule has 0 bridgehead atoms. The van der Waals surface area contributed by atoms with Gasteiger partial charge in [0.15, 0.2) is 19.3 Å². The van der Waals surface area contributed by atoms with Gasteiger partial charge in [-0.2, -0.15) is 0 Å². The third-order valence-corrected chi connectivity index (χ3v) is 4.57. The van der Waals surface area contributed by atoms with E-state index < -0.39 is 0 Å². The van der Waals surface area contributed by atoms with E-state index in [-0.39, 0.29) is 30.7 Å². The van der Waals surface area contributed by atoms with Gasteiger partial charge in [-0.05, 0) is 30.2 Å². The lowest BCUT2D eigenvalue weighted by atomic mass is 9.97. The van der Waals surface area contributed by atoms with Crippen LogP contribution < -0.4 is 19.6 Å². The molecule has 0 aliphatic rings. The van der Waals surface area contributed by atoms with Gasteiger partial charge in [0, 0.05) is 25.3 Å². The van der Waals surface area contributed by atoms with E-state index in [4.69, 9.17) is 28.1 Å². The molecule has 3 rings (SSSR count). The number of rotatable bonds is 9. The van der Waals surface area contributed by atoms with Gasteiger partial charge in [0.1, 0.15) is 17.1 Å². The SMILES string of the molecule is COCOc1cc(-c2oc3ccccc3c(=O)c2OC)cc(OCOC)c1C(C)C. The van der Waals surface area contributed by atoms with Crippen LogP contribution in [0.15, 0.2) is 45.6 Å². The number of hydrogen-bond acceptors (Lipinski definition) is 7. The predicted octanol–water partition coefficient (Wildman–Crippen LogP) is 4.56. The second-order valence-electron chi connectivity index (χ2n) is 6.93. The Bertz CT molecular complexity index is 1040. The molecule has 0 amide bonds. The molecule has 0 fully saturated rings. The molecule has 0 atom stereocenters. The fourth-order valence-electron chi connectivity index (χ4n) is 3.29. The average Bonchev–Trinajstić information content (AvgIpc) is 2.75. The van der Waals surface area contributed by atoms with Crippen LogP contribution in [-0.4, -0.2) is 34.9 Å². The van der Waals surface area contributed by atoms with Gasteiger partial charge in [0.05, 0.1) is 12.5 Å². The van der Waals surface area contributed by atoms with Crippen molar-refractivity contribution in [3.05, 3.63) is 52.2 Å². The van der Waals surface area contributed by atoms with E-state index in [1.807, 2.05) is 19.9 Å². The van der Waals surface area contributed by atoms with Crippen LogP contribution in [-0.2, 0) is 9.47 Å². The number of ether oxygens (including phenoxy) is 5. The lowest BCUT2D eigenvalue weighted by Crippen LogP contribution is -2.09. The minimum absolute atomic E-state index is 0.0612.